The van der Waals surface area contributed by atoms with E-state index < -0.39 is 0 Å². The summed E-state index contributed by atoms with van der Waals surface area (Å²) < 4.78 is 0. The fraction of sp³-hybridized carbons (Fsp3) is 0.667. The lowest BCUT2D eigenvalue weighted by Crippen LogP contribution is -2.18. The summed E-state index contributed by atoms with van der Waals surface area (Å²) in [6, 6.07) is 0. The maximum Gasteiger partial charge on any atom is 0.218 e. The van der Waals surface area contributed by atoms with Crippen molar-refractivity contribution in [3.63, 3.8) is 0 Å². The summed E-state index contributed by atoms with van der Waals surface area (Å²) in [4.78, 5) is 16.4. The molecule has 1 amide bonds. The number of hydrogen-bond acceptors (Lipinski definition) is 3. The van der Waals surface area contributed by atoms with E-state index in [4.69, 9.17) is 5.73 Å². The Bertz CT molecular complexity index is 321. The van der Waals surface area contributed by atoms with Gasteiger partial charge in [0.15, 0.2) is 0 Å². The quantitative estimate of drug-likeness (QED) is 0.882. The van der Waals surface area contributed by atoms with Gasteiger partial charge in [0.25, 0.3) is 0 Å². The third kappa shape index (κ3) is 4.75. The number of rotatable bonds is 4. The van der Waals surface area contributed by atoms with Crippen LogP contribution in [-0.4, -0.2) is 10.9 Å². The van der Waals surface area contributed by atoms with Crippen molar-refractivity contribution in [3.05, 3.63) is 16.1 Å². The minimum absolute atomic E-state index is 0.172. The van der Waals surface area contributed by atoms with Gasteiger partial charge in [0.05, 0.1) is 5.01 Å². The molecule has 2 N–H and O–H groups in total. The molecule has 0 radical (unpaired) electrons. The molecule has 1 aromatic rings. The minimum atomic E-state index is -0.253. The van der Waals surface area contributed by atoms with Gasteiger partial charge in [-0.2, -0.15) is 0 Å². The van der Waals surface area contributed by atoms with E-state index in [1.165, 1.54) is 4.88 Å². The molecular formula is C12H22N2OS. The molecule has 1 aromatic heterocycles. The Labute approximate surface area is 102 Å². The number of hydrogen-bond donors (Lipinski definition) is 1. The highest BCUT2D eigenvalue weighted by Gasteiger charge is 2.20. The first-order chi connectivity index (χ1) is 7.50. The molecular weight excluding hydrogens is 220 g/mol. The molecule has 4 heteroatoms. The fourth-order valence-electron chi connectivity index (χ4n) is 1.37. The second-order valence-electron chi connectivity index (χ2n) is 3.83. The van der Waals surface area contributed by atoms with E-state index >= 15 is 0 Å². The lowest BCUT2D eigenvalue weighted by atomic mass is 9.93. The third-order valence-electron chi connectivity index (χ3n) is 2.18. The van der Waals surface area contributed by atoms with Gasteiger partial charge in [0.1, 0.15) is 0 Å². The molecule has 0 saturated carbocycles. The SMILES string of the molecule is CC.Cc1cnc(C(CC(N)=O)C(C)C)s1. The van der Waals surface area contributed by atoms with E-state index in [-0.39, 0.29) is 11.8 Å². The Morgan fingerprint density at radius 3 is 2.38 bits per heavy atom. The fourth-order valence-corrected chi connectivity index (χ4v) is 2.42. The first-order valence-corrected chi connectivity index (χ1v) is 6.53. The largest absolute Gasteiger partial charge is 0.370 e. The van der Waals surface area contributed by atoms with Gasteiger partial charge in [-0.15, -0.1) is 11.3 Å². The maximum absolute atomic E-state index is 10.9. The van der Waals surface area contributed by atoms with E-state index in [9.17, 15) is 4.79 Å². The number of carbonyl (C=O) groups is 1. The highest BCUT2D eigenvalue weighted by molar-refractivity contribution is 7.11. The van der Waals surface area contributed by atoms with Gasteiger partial charge in [-0.1, -0.05) is 27.7 Å². The van der Waals surface area contributed by atoms with E-state index in [0.717, 1.165) is 5.01 Å². The molecule has 0 fully saturated rings. The van der Waals surface area contributed by atoms with Crippen LogP contribution >= 0.6 is 11.3 Å². The first kappa shape index (κ1) is 15.1. The second-order valence-corrected chi connectivity index (χ2v) is 5.10. The molecule has 92 valence electrons. The monoisotopic (exact) mass is 242 g/mol. The molecule has 0 aliphatic heterocycles. The zero-order valence-electron chi connectivity index (χ0n) is 10.8. The van der Waals surface area contributed by atoms with Crippen LogP contribution in [0.15, 0.2) is 6.20 Å². The molecule has 0 aliphatic rings. The van der Waals surface area contributed by atoms with Crippen LogP contribution in [0.3, 0.4) is 0 Å². The smallest absolute Gasteiger partial charge is 0.218 e. The van der Waals surface area contributed by atoms with Gasteiger partial charge in [0.2, 0.25) is 5.91 Å². The van der Waals surface area contributed by atoms with Crippen LogP contribution in [0.5, 0.6) is 0 Å². The number of primary amides is 1. The topological polar surface area (TPSA) is 56.0 Å². The van der Waals surface area contributed by atoms with Crippen LogP contribution in [0.25, 0.3) is 0 Å². The van der Waals surface area contributed by atoms with E-state index in [1.807, 2.05) is 27.0 Å². The number of amides is 1. The first-order valence-electron chi connectivity index (χ1n) is 5.71. The molecule has 0 spiro atoms. The molecule has 0 aliphatic carbocycles. The number of thiazole rings is 1. The zero-order chi connectivity index (χ0) is 12.7. The third-order valence-corrected chi connectivity index (χ3v) is 3.23. The number of aryl methyl sites for hydroxylation is 1. The molecule has 16 heavy (non-hydrogen) atoms. The van der Waals surface area contributed by atoms with Crippen molar-refractivity contribution in [2.45, 2.75) is 47.0 Å². The van der Waals surface area contributed by atoms with Gasteiger partial charge in [0, 0.05) is 23.4 Å². The predicted octanol–water partition coefficient (Wildman–Crippen LogP) is 3.09. The number of nitrogens with zero attached hydrogens (tertiary/aromatic N) is 1. The Morgan fingerprint density at radius 1 is 1.50 bits per heavy atom. The van der Waals surface area contributed by atoms with E-state index in [0.29, 0.717) is 12.3 Å². The van der Waals surface area contributed by atoms with Gasteiger partial charge in [-0.3, -0.25) is 4.79 Å². The van der Waals surface area contributed by atoms with Crippen molar-refractivity contribution in [3.8, 4) is 0 Å². The Morgan fingerprint density at radius 2 is 2.06 bits per heavy atom. The van der Waals surface area contributed by atoms with Crippen LogP contribution in [0.2, 0.25) is 0 Å². The Balaban J connectivity index is 0.00000106. The molecule has 1 rings (SSSR count). The van der Waals surface area contributed by atoms with Crippen LogP contribution in [0, 0.1) is 12.8 Å². The molecule has 1 atom stereocenters. The Kier molecular flexibility index (Phi) is 6.97. The molecule has 1 heterocycles. The van der Waals surface area contributed by atoms with Crippen molar-refractivity contribution in [1.82, 2.24) is 4.98 Å². The van der Waals surface area contributed by atoms with Gasteiger partial charge in [-0.25, -0.2) is 4.98 Å². The highest BCUT2D eigenvalue weighted by atomic mass is 32.1. The number of aromatic nitrogens is 1. The number of carbonyl (C=O) groups excluding carboxylic acids is 1. The molecule has 0 aromatic carbocycles. The molecule has 0 bridgehead atoms. The predicted molar refractivity (Wildman–Crippen MR) is 69.6 cm³/mol. The van der Waals surface area contributed by atoms with Crippen molar-refractivity contribution >= 4 is 17.2 Å². The van der Waals surface area contributed by atoms with Crippen LogP contribution in [0.4, 0.5) is 0 Å². The molecule has 1 unspecified atom stereocenters. The summed E-state index contributed by atoms with van der Waals surface area (Å²) in [5.41, 5.74) is 5.21. The minimum Gasteiger partial charge on any atom is -0.370 e. The lowest BCUT2D eigenvalue weighted by molar-refractivity contribution is -0.118. The van der Waals surface area contributed by atoms with Crippen LogP contribution in [-0.2, 0) is 4.79 Å². The van der Waals surface area contributed by atoms with Crippen molar-refractivity contribution in [2.24, 2.45) is 11.7 Å². The van der Waals surface area contributed by atoms with Crippen LogP contribution in [0.1, 0.15) is 49.9 Å². The standard InChI is InChI=1S/C10H16N2OS.C2H6/c1-6(2)8(4-9(11)13)10-12-5-7(3)14-10;1-2/h5-6,8H,4H2,1-3H3,(H2,11,13);1-2H3. The summed E-state index contributed by atoms with van der Waals surface area (Å²) in [6.45, 7) is 10.2. The van der Waals surface area contributed by atoms with Crippen molar-refractivity contribution in [2.75, 3.05) is 0 Å². The van der Waals surface area contributed by atoms with E-state index in [2.05, 4.69) is 18.8 Å². The van der Waals surface area contributed by atoms with Crippen LogP contribution < -0.4 is 5.73 Å². The summed E-state index contributed by atoms with van der Waals surface area (Å²) >= 11 is 1.65. The van der Waals surface area contributed by atoms with Crippen molar-refractivity contribution < 1.29 is 4.79 Å². The molecule has 0 saturated heterocycles. The van der Waals surface area contributed by atoms with Gasteiger partial charge in [-0.05, 0) is 12.8 Å². The molecule has 3 nitrogen and oxygen atoms in total. The summed E-state index contributed by atoms with van der Waals surface area (Å²) in [5.74, 6) is 0.316. The summed E-state index contributed by atoms with van der Waals surface area (Å²) in [6.07, 6.45) is 2.24. The second kappa shape index (κ2) is 7.39. The average Bonchev–Trinajstić information content (AvgIpc) is 2.63. The summed E-state index contributed by atoms with van der Waals surface area (Å²) in [7, 11) is 0. The van der Waals surface area contributed by atoms with Gasteiger partial charge >= 0.3 is 0 Å². The van der Waals surface area contributed by atoms with Gasteiger partial charge < -0.3 is 5.73 Å². The lowest BCUT2D eigenvalue weighted by Gasteiger charge is -2.16. The summed E-state index contributed by atoms with van der Waals surface area (Å²) in [5, 5.41) is 1.02. The Hall–Kier alpha value is -0.900. The zero-order valence-corrected chi connectivity index (χ0v) is 11.6. The average molecular weight is 242 g/mol. The normalized spacial score (nSPS) is 11.9. The maximum atomic E-state index is 10.9. The van der Waals surface area contributed by atoms with Crippen molar-refractivity contribution in [1.29, 1.82) is 0 Å². The highest BCUT2D eigenvalue weighted by Crippen LogP contribution is 2.30. The number of nitrogens with two attached hydrogens (primary N) is 1. The van der Waals surface area contributed by atoms with E-state index in [1.54, 1.807) is 11.3 Å².